The van der Waals surface area contributed by atoms with Gasteiger partial charge in [0.15, 0.2) is 6.04 Å². The molecule has 11 unspecified atom stereocenters. The Kier molecular flexibility index (Phi) is 9.08. The Morgan fingerprint density at radius 1 is 0.943 bits per heavy atom. The number of esters is 1. The number of fused-ring (bicyclic) bond motifs is 9. The third-order valence-corrected chi connectivity index (χ3v) is 19.1. The number of allylic oxidation sites excluding steroid dienone is 2. The van der Waals surface area contributed by atoms with Crippen LogP contribution in [0.3, 0.4) is 0 Å². The highest BCUT2D eigenvalue weighted by Gasteiger charge is 2.71. The van der Waals surface area contributed by atoms with Crippen LogP contribution in [0.15, 0.2) is 30.3 Å². The number of carbonyl (C=O) groups excluding carboxylic acids is 1. The Labute approximate surface area is 320 Å². The molecule has 7 aliphatic rings. The van der Waals surface area contributed by atoms with Gasteiger partial charge in [-0.1, -0.05) is 52.8 Å². The third kappa shape index (κ3) is 5.54. The second-order valence-electron chi connectivity index (χ2n) is 20.1. The van der Waals surface area contributed by atoms with Crippen molar-refractivity contribution in [1.29, 1.82) is 0 Å². The van der Waals surface area contributed by atoms with E-state index in [2.05, 4.69) is 81.4 Å². The molecule has 11 atom stereocenters. The minimum Gasteiger partial charge on any atom is -0.465 e. The first-order valence-electron chi connectivity index (χ1n) is 20.8. The normalized spacial score (nSPS) is 43.3. The minimum absolute atomic E-state index is 0.0373. The first kappa shape index (κ1) is 37.8. The zero-order valence-corrected chi connectivity index (χ0v) is 34.7. The Hall–Kier alpha value is -2.07. The number of hydrogen-bond donors (Lipinski definition) is 1. The van der Waals surface area contributed by atoms with E-state index >= 15 is 0 Å². The van der Waals surface area contributed by atoms with Gasteiger partial charge >= 0.3 is 5.97 Å². The van der Waals surface area contributed by atoms with E-state index < -0.39 is 10.0 Å². The number of nitrogens with one attached hydrogen (secondary N) is 1. The Morgan fingerprint density at radius 2 is 1.68 bits per heavy atom. The molecule has 0 amide bonds. The smallest absolute Gasteiger partial charge is 0.337 e. The fourth-order valence-electron chi connectivity index (χ4n) is 15.2. The second kappa shape index (κ2) is 12.7. The van der Waals surface area contributed by atoms with Crippen LogP contribution in [0.4, 0.5) is 0 Å². The number of piperazine rings is 1. The summed E-state index contributed by atoms with van der Waals surface area (Å²) in [5.41, 5.74) is 4.27. The summed E-state index contributed by atoms with van der Waals surface area (Å²) in [5.74, 6) is 2.27. The Morgan fingerprint density at radius 3 is 2.32 bits per heavy atom. The van der Waals surface area contributed by atoms with Gasteiger partial charge in [-0.2, -0.15) is 4.31 Å². The predicted molar refractivity (Wildman–Crippen MR) is 213 cm³/mol. The van der Waals surface area contributed by atoms with Crippen molar-refractivity contribution < 1.29 is 22.5 Å². The van der Waals surface area contributed by atoms with Crippen LogP contribution in [0.2, 0.25) is 0 Å². The fourth-order valence-corrected chi connectivity index (χ4v) is 16.3. The van der Waals surface area contributed by atoms with Crippen molar-refractivity contribution >= 4 is 28.3 Å². The third-order valence-electron chi connectivity index (χ3n) is 17.8. The average molecular weight is 748 g/mol. The van der Waals surface area contributed by atoms with Gasteiger partial charge in [-0.05, 0) is 120 Å². The zero-order valence-electron chi connectivity index (χ0n) is 33.9. The maximum absolute atomic E-state index is 12.3. The average Bonchev–Trinajstić information content (AvgIpc) is 3.82. The van der Waals surface area contributed by atoms with Crippen LogP contribution in [0.1, 0.15) is 115 Å². The molecule has 9 heteroatoms. The summed E-state index contributed by atoms with van der Waals surface area (Å²) in [4.78, 5) is 14.7. The van der Waals surface area contributed by atoms with Gasteiger partial charge in [0, 0.05) is 56.1 Å². The number of methoxy groups -OCH3 is 1. The van der Waals surface area contributed by atoms with Crippen molar-refractivity contribution in [2.45, 2.75) is 122 Å². The summed E-state index contributed by atoms with van der Waals surface area (Å²) in [7, 11) is 0.541. The van der Waals surface area contributed by atoms with Gasteiger partial charge in [-0.3, -0.25) is 4.90 Å². The van der Waals surface area contributed by atoms with Gasteiger partial charge in [0.25, 0.3) is 0 Å². The van der Waals surface area contributed by atoms with Crippen molar-refractivity contribution in [2.24, 2.45) is 45.3 Å². The van der Waals surface area contributed by atoms with Crippen molar-refractivity contribution in [2.75, 3.05) is 46.6 Å². The highest BCUT2D eigenvalue weighted by atomic mass is 32.2. The first-order valence-corrected chi connectivity index (χ1v) is 22.6. The lowest BCUT2D eigenvalue weighted by Gasteiger charge is -2.72. The molecule has 2 saturated heterocycles. The molecular formula is C44H67N4O4S+. The summed E-state index contributed by atoms with van der Waals surface area (Å²) in [6, 6.07) is 9.11. The van der Waals surface area contributed by atoms with Gasteiger partial charge in [-0.15, -0.1) is 0 Å². The van der Waals surface area contributed by atoms with Gasteiger partial charge in [0.1, 0.15) is 13.8 Å². The standard InChI is InChI=1S/C44H67N4O4S/c1-40(2)33(29-10-12-30(13-11-29)39(49)52-8)16-19-41(3)36(40)18-20-43(5)37(41)15-14-34-38-35(46(6)7)17-21-44(38,23-22-42(34,43)4)45-24-25-47-27-32-26-31(47)28-48(32)53(9,50)51/h10-13,16,31-32,34-38,45H,6,14-15,17-28H2,1-5,7-9H3/q+1. The highest BCUT2D eigenvalue weighted by Crippen LogP contribution is 2.76. The van der Waals surface area contributed by atoms with E-state index in [-0.39, 0.29) is 39.2 Å². The summed E-state index contributed by atoms with van der Waals surface area (Å²) in [6.07, 6.45) is 16.2. The lowest BCUT2D eigenvalue weighted by molar-refractivity contribution is -0.541. The molecule has 6 fully saturated rings. The number of carbonyl (C=O) groups is 1. The van der Waals surface area contributed by atoms with Gasteiger partial charge in [0.05, 0.1) is 18.9 Å². The zero-order chi connectivity index (χ0) is 37.9. The van der Waals surface area contributed by atoms with Crippen LogP contribution >= 0.6 is 0 Å². The van der Waals surface area contributed by atoms with E-state index in [0.717, 1.165) is 32.5 Å². The molecule has 0 radical (unpaired) electrons. The van der Waals surface area contributed by atoms with Crippen LogP contribution in [-0.4, -0.2) is 105 Å². The molecule has 1 N–H and O–H groups in total. The number of hydrogen-bond acceptors (Lipinski definition) is 6. The number of ether oxygens (including phenoxy) is 1. The van der Waals surface area contributed by atoms with Crippen molar-refractivity contribution in [3.63, 3.8) is 0 Å². The quantitative estimate of drug-likeness (QED) is 0.181. The molecule has 2 bridgehead atoms. The Balaban J connectivity index is 1.02. The monoisotopic (exact) mass is 747 g/mol. The van der Waals surface area contributed by atoms with Crippen molar-refractivity contribution in [3.05, 3.63) is 41.5 Å². The highest BCUT2D eigenvalue weighted by molar-refractivity contribution is 7.88. The largest absolute Gasteiger partial charge is 0.465 e. The molecule has 8 rings (SSSR count). The van der Waals surface area contributed by atoms with E-state index in [1.54, 1.807) is 4.31 Å². The number of rotatable bonds is 8. The van der Waals surface area contributed by atoms with Crippen LogP contribution in [-0.2, 0) is 14.8 Å². The molecule has 4 saturated carbocycles. The lowest BCUT2D eigenvalue weighted by Crippen LogP contribution is -2.69. The minimum atomic E-state index is -3.12. The van der Waals surface area contributed by atoms with E-state index in [4.69, 9.17) is 4.74 Å². The SMILES string of the molecule is C=[N+](C)C1CCC2(NCCN3CC4CC3CN4S(C)(=O)=O)CCC3(C)C(CCC4C5(C)CC=C(c6ccc(C(=O)OC)cc6)C(C)(C)C5CCC43C)C12. The van der Waals surface area contributed by atoms with Crippen LogP contribution in [0, 0.1) is 45.3 Å². The summed E-state index contributed by atoms with van der Waals surface area (Å²) < 4.78 is 33.6. The van der Waals surface area contributed by atoms with Gasteiger partial charge in [0.2, 0.25) is 10.0 Å². The van der Waals surface area contributed by atoms with Crippen LogP contribution in [0.25, 0.3) is 5.57 Å². The molecule has 5 aliphatic carbocycles. The van der Waals surface area contributed by atoms with Crippen molar-refractivity contribution in [1.82, 2.24) is 14.5 Å². The topological polar surface area (TPSA) is 82.0 Å². The van der Waals surface area contributed by atoms with Gasteiger partial charge in [-0.25, -0.2) is 17.8 Å². The van der Waals surface area contributed by atoms with Gasteiger partial charge < -0.3 is 10.1 Å². The van der Waals surface area contributed by atoms with E-state index in [1.807, 2.05) is 12.1 Å². The molecule has 53 heavy (non-hydrogen) atoms. The number of nitrogens with zero attached hydrogens (tertiary/aromatic N) is 3. The first-order chi connectivity index (χ1) is 24.9. The molecule has 1 aromatic carbocycles. The maximum atomic E-state index is 12.3. The predicted octanol–water partition coefficient (Wildman–Crippen LogP) is 6.70. The molecule has 292 valence electrons. The number of sulfonamides is 1. The molecule has 2 aliphatic heterocycles. The van der Waals surface area contributed by atoms with Crippen LogP contribution < -0.4 is 5.32 Å². The summed E-state index contributed by atoms with van der Waals surface area (Å²) >= 11 is 0. The molecule has 8 nitrogen and oxygen atoms in total. The molecule has 1 aromatic rings. The maximum Gasteiger partial charge on any atom is 0.337 e. The molecule has 2 heterocycles. The molecular weight excluding hydrogens is 681 g/mol. The van der Waals surface area contributed by atoms with E-state index in [0.29, 0.717) is 47.9 Å². The molecule has 0 spiro atoms. The summed E-state index contributed by atoms with van der Waals surface area (Å²) in [5, 5.41) is 4.28. The van der Waals surface area contributed by atoms with E-state index in [9.17, 15) is 13.2 Å². The lowest BCUT2D eigenvalue weighted by atomic mass is 9.33. The van der Waals surface area contributed by atoms with E-state index in [1.165, 1.54) is 75.9 Å². The Bertz CT molecular complexity index is 1790. The molecule has 0 aromatic heterocycles. The second-order valence-corrected chi connectivity index (χ2v) is 22.1. The fraction of sp³-hybridized carbons (Fsp3) is 0.773. The van der Waals surface area contributed by atoms with Crippen LogP contribution in [0.5, 0.6) is 0 Å². The summed E-state index contributed by atoms with van der Waals surface area (Å²) in [6.45, 7) is 21.1. The number of benzene rings is 1. The number of likely N-dealkylation sites (tertiary alicyclic amines) is 1. The van der Waals surface area contributed by atoms with Crippen molar-refractivity contribution in [3.8, 4) is 0 Å².